The van der Waals surface area contributed by atoms with Crippen molar-refractivity contribution >= 4 is 5.91 Å². The molecule has 0 saturated heterocycles. The quantitative estimate of drug-likeness (QED) is 0.799. The molecule has 0 saturated carbocycles. The zero-order chi connectivity index (χ0) is 13.0. The molecule has 0 aliphatic rings. The molecule has 1 amide bonds. The second-order valence-corrected chi connectivity index (χ2v) is 3.69. The average Bonchev–Trinajstić information content (AvgIpc) is 2.57. The number of aliphatic hydroxyl groups is 1. The lowest BCUT2D eigenvalue weighted by Gasteiger charge is -2.10. The summed E-state index contributed by atoms with van der Waals surface area (Å²) in [6.07, 6.45) is -4.71. The zero-order valence-corrected chi connectivity index (χ0v) is 9.54. The van der Waals surface area contributed by atoms with Crippen LogP contribution in [0, 0.1) is 13.8 Å². The van der Waals surface area contributed by atoms with E-state index in [9.17, 15) is 13.6 Å². The third-order valence-electron chi connectivity index (χ3n) is 2.32. The van der Waals surface area contributed by atoms with E-state index < -0.39 is 25.0 Å². The highest BCUT2D eigenvalue weighted by molar-refractivity contribution is 5.79. The Morgan fingerprint density at radius 1 is 1.53 bits per heavy atom. The van der Waals surface area contributed by atoms with Crippen molar-refractivity contribution < 1.29 is 23.2 Å². The largest absolute Gasteiger partial charge is 0.385 e. The van der Waals surface area contributed by atoms with Crippen LogP contribution in [0.1, 0.15) is 17.0 Å². The molecule has 0 aliphatic carbocycles. The third-order valence-corrected chi connectivity index (χ3v) is 2.32. The maximum atomic E-state index is 12.0. The molecule has 1 unspecified atom stereocenters. The van der Waals surface area contributed by atoms with E-state index >= 15 is 0 Å². The number of hydrogen-bond acceptors (Lipinski definition) is 4. The minimum absolute atomic E-state index is 0.00285. The number of aryl methyl sites for hydroxylation is 2. The van der Waals surface area contributed by atoms with E-state index in [0.29, 0.717) is 17.0 Å². The fraction of sp³-hybridized carbons (Fsp3) is 0.600. The summed E-state index contributed by atoms with van der Waals surface area (Å²) in [5.41, 5.74) is 1.22. The zero-order valence-electron chi connectivity index (χ0n) is 9.54. The van der Waals surface area contributed by atoms with Crippen LogP contribution in [0.5, 0.6) is 0 Å². The van der Waals surface area contributed by atoms with Crippen LogP contribution in [-0.2, 0) is 11.2 Å². The van der Waals surface area contributed by atoms with E-state index in [1.165, 1.54) is 0 Å². The Labute approximate surface area is 96.8 Å². The Morgan fingerprint density at radius 3 is 2.65 bits per heavy atom. The molecule has 0 bridgehead atoms. The van der Waals surface area contributed by atoms with Crippen LogP contribution in [0.2, 0.25) is 0 Å². The Balaban J connectivity index is 2.45. The number of carbonyl (C=O) groups excluding carboxylic acids is 1. The lowest BCUT2D eigenvalue weighted by molar-refractivity contribution is -0.121. The monoisotopic (exact) mass is 248 g/mol. The van der Waals surface area contributed by atoms with E-state index in [-0.39, 0.29) is 6.42 Å². The lowest BCUT2D eigenvalue weighted by Crippen LogP contribution is -2.36. The number of aromatic nitrogens is 1. The summed E-state index contributed by atoms with van der Waals surface area (Å²) < 4.78 is 28.8. The van der Waals surface area contributed by atoms with Gasteiger partial charge in [0.15, 0.2) is 0 Å². The summed E-state index contributed by atoms with van der Waals surface area (Å²) in [6.45, 7) is 2.88. The highest BCUT2D eigenvalue weighted by atomic mass is 19.3. The molecule has 96 valence electrons. The number of alkyl halides is 2. The van der Waals surface area contributed by atoms with Gasteiger partial charge in [-0.15, -0.1) is 0 Å². The first-order valence-corrected chi connectivity index (χ1v) is 5.06. The van der Waals surface area contributed by atoms with Gasteiger partial charge in [0.1, 0.15) is 11.9 Å². The molecule has 7 heteroatoms. The molecule has 1 aromatic heterocycles. The van der Waals surface area contributed by atoms with Crippen LogP contribution < -0.4 is 5.32 Å². The molecule has 0 radical (unpaired) electrons. The summed E-state index contributed by atoms with van der Waals surface area (Å²) in [7, 11) is 0. The number of aliphatic hydroxyl groups excluding tert-OH is 1. The second kappa shape index (κ2) is 5.72. The van der Waals surface area contributed by atoms with Gasteiger partial charge in [-0.25, -0.2) is 8.78 Å². The van der Waals surface area contributed by atoms with Crippen LogP contribution in [0.25, 0.3) is 0 Å². The van der Waals surface area contributed by atoms with Gasteiger partial charge in [-0.2, -0.15) is 0 Å². The first-order chi connectivity index (χ1) is 7.91. The molecule has 0 aliphatic heterocycles. The van der Waals surface area contributed by atoms with Gasteiger partial charge < -0.3 is 14.9 Å². The van der Waals surface area contributed by atoms with Gasteiger partial charge in [0.2, 0.25) is 5.91 Å². The summed E-state index contributed by atoms with van der Waals surface area (Å²) in [6, 6.07) is 0. The van der Waals surface area contributed by atoms with E-state index in [0.717, 1.165) is 0 Å². The molecular weight excluding hydrogens is 234 g/mol. The predicted octanol–water partition coefficient (Wildman–Crippen LogP) is 0.576. The van der Waals surface area contributed by atoms with Crippen LogP contribution in [0.4, 0.5) is 8.78 Å². The summed E-state index contributed by atoms with van der Waals surface area (Å²) >= 11 is 0. The molecule has 0 aromatic carbocycles. The van der Waals surface area contributed by atoms with Gasteiger partial charge in [0.05, 0.1) is 12.1 Å². The minimum Gasteiger partial charge on any atom is -0.385 e. The molecule has 1 aromatic rings. The van der Waals surface area contributed by atoms with Crippen molar-refractivity contribution in [1.29, 1.82) is 0 Å². The average molecular weight is 248 g/mol. The highest BCUT2D eigenvalue weighted by Crippen LogP contribution is 2.12. The molecule has 1 atom stereocenters. The van der Waals surface area contributed by atoms with Crippen LogP contribution in [-0.4, -0.2) is 35.2 Å². The molecule has 0 fully saturated rings. The summed E-state index contributed by atoms with van der Waals surface area (Å²) in [5.74, 6) is 0.0613. The molecule has 0 spiro atoms. The number of nitrogens with one attached hydrogen (secondary N) is 1. The van der Waals surface area contributed by atoms with Crippen molar-refractivity contribution in [2.45, 2.75) is 32.8 Å². The Hall–Kier alpha value is -1.50. The Kier molecular flexibility index (Phi) is 4.56. The normalized spacial score (nSPS) is 12.8. The number of hydrogen-bond donors (Lipinski definition) is 2. The second-order valence-electron chi connectivity index (χ2n) is 3.69. The number of halogens is 2. The van der Waals surface area contributed by atoms with Gasteiger partial charge >= 0.3 is 0 Å². The van der Waals surface area contributed by atoms with E-state index in [2.05, 4.69) is 10.5 Å². The Morgan fingerprint density at radius 2 is 2.18 bits per heavy atom. The van der Waals surface area contributed by atoms with E-state index in [4.69, 9.17) is 9.63 Å². The van der Waals surface area contributed by atoms with Crippen molar-refractivity contribution in [2.24, 2.45) is 0 Å². The van der Waals surface area contributed by atoms with Crippen molar-refractivity contribution in [3.63, 3.8) is 0 Å². The molecule has 5 nitrogen and oxygen atoms in total. The van der Waals surface area contributed by atoms with Gasteiger partial charge in [0, 0.05) is 12.1 Å². The molecule has 17 heavy (non-hydrogen) atoms. The molecule has 1 heterocycles. The standard InChI is InChI=1S/C10H14F2N2O3/c1-5-7(6(2)17-14-5)3-9(16)13-4-8(15)10(11)12/h8,10,15H,3-4H2,1-2H3,(H,13,16). The Bertz CT molecular complexity index is 373. The SMILES string of the molecule is Cc1noc(C)c1CC(=O)NCC(O)C(F)F. The number of amides is 1. The van der Waals surface area contributed by atoms with Crippen molar-refractivity contribution in [1.82, 2.24) is 10.5 Å². The molecular formula is C10H14F2N2O3. The predicted molar refractivity (Wildman–Crippen MR) is 54.7 cm³/mol. The fourth-order valence-electron chi connectivity index (χ4n) is 1.28. The van der Waals surface area contributed by atoms with Gasteiger partial charge in [-0.1, -0.05) is 5.16 Å². The van der Waals surface area contributed by atoms with Crippen molar-refractivity contribution in [3.8, 4) is 0 Å². The van der Waals surface area contributed by atoms with Gasteiger partial charge in [-0.05, 0) is 13.8 Å². The number of nitrogens with zero attached hydrogens (tertiary/aromatic N) is 1. The van der Waals surface area contributed by atoms with Crippen LogP contribution >= 0.6 is 0 Å². The first-order valence-electron chi connectivity index (χ1n) is 5.06. The van der Waals surface area contributed by atoms with Gasteiger partial charge in [0.25, 0.3) is 6.43 Å². The van der Waals surface area contributed by atoms with Gasteiger partial charge in [-0.3, -0.25) is 4.79 Å². The maximum absolute atomic E-state index is 12.0. The van der Waals surface area contributed by atoms with E-state index in [1.54, 1.807) is 13.8 Å². The highest BCUT2D eigenvalue weighted by Gasteiger charge is 2.18. The first kappa shape index (κ1) is 13.6. The summed E-state index contributed by atoms with van der Waals surface area (Å²) in [4.78, 5) is 11.4. The molecule has 2 N–H and O–H groups in total. The van der Waals surface area contributed by atoms with E-state index in [1.807, 2.05) is 0 Å². The topological polar surface area (TPSA) is 75.4 Å². The maximum Gasteiger partial charge on any atom is 0.265 e. The minimum atomic E-state index is -2.87. The number of carbonyl (C=O) groups is 1. The lowest BCUT2D eigenvalue weighted by atomic mass is 10.1. The molecule has 1 rings (SSSR count). The smallest absolute Gasteiger partial charge is 0.265 e. The van der Waals surface area contributed by atoms with Crippen molar-refractivity contribution in [3.05, 3.63) is 17.0 Å². The van der Waals surface area contributed by atoms with Crippen LogP contribution in [0.15, 0.2) is 4.52 Å². The fourth-order valence-corrected chi connectivity index (χ4v) is 1.28. The third kappa shape index (κ3) is 3.77. The van der Waals surface area contributed by atoms with Crippen molar-refractivity contribution in [2.75, 3.05) is 6.54 Å². The number of rotatable bonds is 5. The summed E-state index contributed by atoms with van der Waals surface area (Å²) in [5, 5.41) is 14.7. The van der Waals surface area contributed by atoms with Crippen LogP contribution in [0.3, 0.4) is 0 Å².